The second-order valence-corrected chi connectivity index (χ2v) is 5.86. The summed E-state index contributed by atoms with van der Waals surface area (Å²) in [5.74, 6) is 3.69. The normalized spacial score (nSPS) is 29.7. The van der Waals surface area contributed by atoms with Crippen LogP contribution in [0, 0.1) is 17.8 Å². The van der Waals surface area contributed by atoms with E-state index in [2.05, 4.69) is 0 Å². The lowest BCUT2D eigenvalue weighted by Gasteiger charge is -2.21. The van der Waals surface area contributed by atoms with Gasteiger partial charge in [0.15, 0.2) is 0 Å². The first kappa shape index (κ1) is 12.0. The first-order valence-corrected chi connectivity index (χ1v) is 7.18. The van der Waals surface area contributed by atoms with Gasteiger partial charge in [-0.1, -0.05) is 18.6 Å². The van der Waals surface area contributed by atoms with Gasteiger partial charge in [-0.15, -0.1) is 0 Å². The maximum absolute atomic E-state index is 8.87. The summed E-state index contributed by atoms with van der Waals surface area (Å²) in [4.78, 5) is 0. The van der Waals surface area contributed by atoms with Gasteiger partial charge in [0.05, 0.1) is 6.61 Å². The van der Waals surface area contributed by atoms with E-state index in [1.165, 1.54) is 31.2 Å². The van der Waals surface area contributed by atoms with Crippen LogP contribution in [0.4, 0.5) is 0 Å². The average molecular weight is 246 g/mol. The third-order valence-corrected chi connectivity index (χ3v) is 4.67. The highest BCUT2D eigenvalue weighted by molar-refractivity contribution is 5.27. The number of aliphatic hydroxyl groups is 1. The zero-order chi connectivity index (χ0) is 12.4. The Kier molecular flexibility index (Phi) is 3.55. The van der Waals surface area contributed by atoms with E-state index in [1.807, 2.05) is 24.3 Å². The minimum atomic E-state index is 0.214. The van der Waals surface area contributed by atoms with Gasteiger partial charge in [-0.2, -0.15) is 0 Å². The lowest BCUT2D eigenvalue weighted by molar-refractivity contribution is 0.195. The van der Waals surface area contributed by atoms with Gasteiger partial charge in [0, 0.05) is 6.61 Å². The van der Waals surface area contributed by atoms with Crippen LogP contribution in [0.1, 0.15) is 31.2 Å². The van der Waals surface area contributed by atoms with E-state index >= 15 is 0 Å². The summed E-state index contributed by atoms with van der Waals surface area (Å²) in [5, 5.41) is 8.87. The second kappa shape index (κ2) is 5.31. The molecule has 98 valence electrons. The quantitative estimate of drug-likeness (QED) is 0.865. The minimum absolute atomic E-state index is 0.214. The number of aliphatic hydroxyl groups excluding tert-OH is 1. The largest absolute Gasteiger partial charge is 0.493 e. The fraction of sp³-hybridized carbons (Fsp3) is 0.625. The van der Waals surface area contributed by atoms with Crippen LogP contribution in [-0.4, -0.2) is 18.3 Å². The van der Waals surface area contributed by atoms with Crippen molar-refractivity contribution in [3.8, 4) is 5.75 Å². The van der Waals surface area contributed by atoms with Crippen LogP contribution in [-0.2, 0) is 6.42 Å². The molecule has 0 spiro atoms. The van der Waals surface area contributed by atoms with E-state index in [0.717, 1.165) is 36.5 Å². The molecule has 1 N–H and O–H groups in total. The molecule has 2 saturated carbocycles. The standard InChI is InChI=1S/C16H22O2/c17-8-7-12-2-5-16(6-3-12)18-11-15-10-13-1-4-14(15)9-13/h2-3,5-6,13-15,17H,1,4,7-11H2. The van der Waals surface area contributed by atoms with E-state index in [1.54, 1.807) is 0 Å². The van der Waals surface area contributed by atoms with E-state index in [4.69, 9.17) is 9.84 Å². The fourth-order valence-electron chi connectivity index (χ4n) is 3.67. The van der Waals surface area contributed by atoms with E-state index in [9.17, 15) is 0 Å². The highest BCUT2D eigenvalue weighted by Crippen LogP contribution is 2.48. The SMILES string of the molecule is OCCc1ccc(OCC2CC3CCC2C3)cc1. The van der Waals surface area contributed by atoms with Crippen LogP contribution in [0.3, 0.4) is 0 Å². The summed E-state index contributed by atoms with van der Waals surface area (Å²) < 4.78 is 5.91. The minimum Gasteiger partial charge on any atom is -0.493 e. The highest BCUT2D eigenvalue weighted by atomic mass is 16.5. The van der Waals surface area contributed by atoms with Gasteiger partial charge in [0.1, 0.15) is 5.75 Å². The number of hydrogen-bond donors (Lipinski definition) is 1. The molecule has 2 aliphatic carbocycles. The molecule has 0 amide bonds. The molecule has 0 radical (unpaired) electrons. The van der Waals surface area contributed by atoms with Gasteiger partial charge in [-0.3, -0.25) is 0 Å². The molecule has 18 heavy (non-hydrogen) atoms. The third-order valence-electron chi connectivity index (χ3n) is 4.67. The van der Waals surface area contributed by atoms with Gasteiger partial charge in [0.2, 0.25) is 0 Å². The molecule has 3 unspecified atom stereocenters. The van der Waals surface area contributed by atoms with Crippen molar-refractivity contribution >= 4 is 0 Å². The molecule has 3 atom stereocenters. The molecule has 0 aromatic heterocycles. The highest BCUT2D eigenvalue weighted by Gasteiger charge is 2.39. The molecular weight excluding hydrogens is 224 g/mol. The van der Waals surface area contributed by atoms with Gasteiger partial charge in [0.25, 0.3) is 0 Å². The van der Waals surface area contributed by atoms with Gasteiger partial charge in [-0.25, -0.2) is 0 Å². The number of hydrogen-bond acceptors (Lipinski definition) is 2. The summed E-state index contributed by atoms with van der Waals surface area (Å²) in [6.07, 6.45) is 6.44. The molecule has 2 aliphatic rings. The molecule has 0 saturated heterocycles. The van der Waals surface area contributed by atoms with Crippen LogP contribution in [0.15, 0.2) is 24.3 Å². The van der Waals surface area contributed by atoms with Crippen molar-refractivity contribution in [2.45, 2.75) is 32.1 Å². The lowest BCUT2D eigenvalue weighted by atomic mass is 9.89. The van der Waals surface area contributed by atoms with Crippen molar-refractivity contribution in [3.63, 3.8) is 0 Å². The Labute approximate surface area is 109 Å². The van der Waals surface area contributed by atoms with Gasteiger partial charge in [-0.05, 0) is 61.1 Å². The van der Waals surface area contributed by atoms with E-state index < -0.39 is 0 Å². The smallest absolute Gasteiger partial charge is 0.119 e. The molecule has 2 heteroatoms. The molecule has 2 bridgehead atoms. The number of ether oxygens (including phenoxy) is 1. The van der Waals surface area contributed by atoms with Crippen LogP contribution in [0.25, 0.3) is 0 Å². The first-order valence-electron chi connectivity index (χ1n) is 7.18. The van der Waals surface area contributed by atoms with Crippen molar-refractivity contribution in [1.29, 1.82) is 0 Å². The van der Waals surface area contributed by atoms with Gasteiger partial charge < -0.3 is 9.84 Å². The van der Waals surface area contributed by atoms with Crippen LogP contribution < -0.4 is 4.74 Å². The van der Waals surface area contributed by atoms with Crippen LogP contribution in [0.2, 0.25) is 0 Å². The molecule has 1 aromatic carbocycles. The van der Waals surface area contributed by atoms with E-state index in [0.29, 0.717) is 0 Å². The Morgan fingerprint density at radius 1 is 1.11 bits per heavy atom. The zero-order valence-corrected chi connectivity index (χ0v) is 10.8. The Hall–Kier alpha value is -1.02. The number of fused-ring (bicyclic) bond motifs is 2. The van der Waals surface area contributed by atoms with Crippen LogP contribution >= 0.6 is 0 Å². The maximum atomic E-state index is 8.87. The van der Waals surface area contributed by atoms with Crippen molar-refractivity contribution in [3.05, 3.63) is 29.8 Å². The molecule has 3 rings (SSSR count). The fourth-order valence-corrected chi connectivity index (χ4v) is 3.67. The molecular formula is C16H22O2. The Morgan fingerprint density at radius 2 is 1.94 bits per heavy atom. The molecule has 0 heterocycles. The van der Waals surface area contributed by atoms with E-state index in [-0.39, 0.29) is 6.61 Å². The van der Waals surface area contributed by atoms with Crippen LogP contribution in [0.5, 0.6) is 5.75 Å². The Bertz CT molecular complexity index is 385. The predicted molar refractivity (Wildman–Crippen MR) is 71.7 cm³/mol. The number of rotatable bonds is 5. The van der Waals surface area contributed by atoms with Crippen molar-refractivity contribution < 1.29 is 9.84 Å². The van der Waals surface area contributed by atoms with Crippen molar-refractivity contribution in [2.75, 3.05) is 13.2 Å². The summed E-state index contributed by atoms with van der Waals surface area (Å²) in [7, 11) is 0. The molecule has 0 aliphatic heterocycles. The molecule has 2 fully saturated rings. The summed E-state index contributed by atoms with van der Waals surface area (Å²) in [6, 6.07) is 8.15. The average Bonchev–Trinajstić information content (AvgIpc) is 3.00. The third kappa shape index (κ3) is 2.54. The lowest BCUT2D eigenvalue weighted by Crippen LogP contribution is -2.18. The maximum Gasteiger partial charge on any atom is 0.119 e. The topological polar surface area (TPSA) is 29.5 Å². The predicted octanol–water partition coefficient (Wildman–Crippen LogP) is 3.04. The van der Waals surface area contributed by atoms with Crippen molar-refractivity contribution in [1.82, 2.24) is 0 Å². The Morgan fingerprint density at radius 3 is 2.56 bits per heavy atom. The second-order valence-electron chi connectivity index (χ2n) is 5.86. The monoisotopic (exact) mass is 246 g/mol. The Balaban J connectivity index is 1.50. The molecule has 1 aromatic rings. The summed E-state index contributed by atoms with van der Waals surface area (Å²) in [6.45, 7) is 1.10. The summed E-state index contributed by atoms with van der Waals surface area (Å²) >= 11 is 0. The molecule has 2 nitrogen and oxygen atoms in total. The zero-order valence-electron chi connectivity index (χ0n) is 10.8. The van der Waals surface area contributed by atoms with Crippen molar-refractivity contribution in [2.24, 2.45) is 17.8 Å². The summed E-state index contributed by atoms with van der Waals surface area (Å²) in [5.41, 5.74) is 1.17. The first-order chi connectivity index (χ1) is 8.85. The number of benzene rings is 1. The van der Waals surface area contributed by atoms with Gasteiger partial charge >= 0.3 is 0 Å².